The second-order valence-corrected chi connectivity index (χ2v) is 9.49. The molecular formula is C28H35ClN2O7. The first kappa shape index (κ1) is 30.8. The molecule has 2 aromatic carbocycles. The molecule has 2 aromatic rings. The molecule has 0 bridgehead atoms. The van der Waals surface area contributed by atoms with Gasteiger partial charge in [0.05, 0.1) is 24.3 Å². The van der Waals surface area contributed by atoms with Crippen molar-refractivity contribution in [2.75, 3.05) is 38.7 Å². The van der Waals surface area contributed by atoms with Crippen molar-refractivity contribution in [1.82, 2.24) is 4.90 Å². The molecule has 0 saturated carbocycles. The second-order valence-electron chi connectivity index (χ2n) is 9.09. The predicted octanol–water partition coefficient (Wildman–Crippen LogP) is 3.73. The number of amides is 1. The van der Waals surface area contributed by atoms with Crippen LogP contribution in [0.3, 0.4) is 0 Å². The standard InChI is InChI=1S/C24H31ClN2O3.C4H4O4/c1-18(23(28)26(2)21-10-6-7-11-22(21)30-3)24(29)13-16-27(17-14-24)15-12-19-8-4-5-9-20(19)25;5-3(6)1-2-4(7)8/h4-11,18,29H,12-17H2,1-3H3;1-2H,(H,5,6)(H,7,8)/b;2-1+. The number of nitrogens with zero attached hydrogens (tertiary/aromatic N) is 2. The van der Waals surface area contributed by atoms with E-state index in [2.05, 4.69) is 11.0 Å². The Morgan fingerprint density at radius 2 is 1.61 bits per heavy atom. The van der Waals surface area contributed by atoms with Gasteiger partial charge < -0.3 is 29.9 Å². The zero-order valence-electron chi connectivity index (χ0n) is 21.8. The number of para-hydroxylation sites is 2. The number of carbonyl (C=O) groups excluding carboxylic acids is 1. The molecule has 9 nitrogen and oxygen atoms in total. The maximum atomic E-state index is 13.1. The molecule has 0 radical (unpaired) electrons. The minimum atomic E-state index is -1.26. The summed E-state index contributed by atoms with van der Waals surface area (Å²) in [6, 6.07) is 15.3. The molecule has 0 spiro atoms. The molecule has 0 aliphatic carbocycles. The predicted molar refractivity (Wildman–Crippen MR) is 146 cm³/mol. The first-order chi connectivity index (χ1) is 18.0. The fourth-order valence-electron chi connectivity index (χ4n) is 4.27. The highest BCUT2D eigenvalue weighted by molar-refractivity contribution is 6.31. The van der Waals surface area contributed by atoms with Gasteiger partial charge in [0, 0.05) is 43.9 Å². The molecule has 1 saturated heterocycles. The zero-order chi connectivity index (χ0) is 28.3. The number of hydrogen-bond donors (Lipinski definition) is 3. The highest BCUT2D eigenvalue weighted by Crippen LogP contribution is 2.34. The largest absolute Gasteiger partial charge is 0.495 e. The molecule has 1 aliphatic rings. The molecule has 0 aromatic heterocycles. The molecule has 206 valence electrons. The minimum absolute atomic E-state index is 0.105. The normalized spacial score (nSPS) is 15.7. The van der Waals surface area contributed by atoms with E-state index in [1.165, 1.54) is 0 Å². The topological polar surface area (TPSA) is 128 Å². The van der Waals surface area contributed by atoms with Crippen LogP contribution in [0.1, 0.15) is 25.3 Å². The number of carbonyl (C=O) groups is 3. The van der Waals surface area contributed by atoms with Crippen molar-refractivity contribution in [1.29, 1.82) is 0 Å². The van der Waals surface area contributed by atoms with E-state index < -0.39 is 23.5 Å². The lowest BCUT2D eigenvalue weighted by atomic mass is 9.79. The lowest BCUT2D eigenvalue weighted by Crippen LogP contribution is -2.53. The van der Waals surface area contributed by atoms with Gasteiger partial charge in [0.25, 0.3) is 0 Å². The number of carboxylic acids is 2. The van der Waals surface area contributed by atoms with Crippen molar-refractivity contribution in [2.45, 2.75) is 31.8 Å². The summed E-state index contributed by atoms with van der Waals surface area (Å²) in [6.45, 7) is 4.24. The second kappa shape index (κ2) is 14.5. The van der Waals surface area contributed by atoms with Gasteiger partial charge in [-0.05, 0) is 43.0 Å². The molecule has 38 heavy (non-hydrogen) atoms. The summed E-state index contributed by atoms with van der Waals surface area (Å²) < 4.78 is 5.38. The summed E-state index contributed by atoms with van der Waals surface area (Å²) in [6.07, 6.45) is 3.14. The summed E-state index contributed by atoms with van der Waals surface area (Å²) in [5, 5.41) is 27.7. The van der Waals surface area contributed by atoms with Gasteiger partial charge in [-0.1, -0.05) is 48.9 Å². The van der Waals surface area contributed by atoms with E-state index in [1.54, 1.807) is 19.1 Å². The molecule has 1 atom stereocenters. The number of hydrogen-bond acceptors (Lipinski definition) is 6. The Labute approximate surface area is 227 Å². The van der Waals surface area contributed by atoms with E-state index in [4.69, 9.17) is 26.6 Å². The highest BCUT2D eigenvalue weighted by Gasteiger charge is 2.42. The van der Waals surface area contributed by atoms with E-state index in [1.807, 2.05) is 49.4 Å². The van der Waals surface area contributed by atoms with Crippen LogP contribution < -0.4 is 9.64 Å². The minimum Gasteiger partial charge on any atom is -0.495 e. The van der Waals surface area contributed by atoms with Crippen LogP contribution in [0, 0.1) is 5.92 Å². The van der Waals surface area contributed by atoms with Crippen LogP contribution in [0.25, 0.3) is 0 Å². The number of halogens is 1. The van der Waals surface area contributed by atoms with Crippen LogP contribution in [-0.4, -0.2) is 77.5 Å². The smallest absolute Gasteiger partial charge is 0.328 e. The number of anilines is 1. The average molecular weight is 547 g/mol. The van der Waals surface area contributed by atoms with Gasteiger partial charge in [-0.15, -0.1) is 0 Å². The maximum absolute atomic E-state index is 13.1. The molecule has 3 N–H and O–H groups in total. The van der Waals surface area contributed by atoms with Gasteiger partial charge in [-0.3, -0.25) is 4.79 Å². The Morgan fingerprint density at radius 1 is 1.05 bits per heavy atom. The Kier molecular flexibility index (Phi) is 11.8. The first-order valence-electron chi connectivity index (χ1n) is 12.2. The number of aliphatic carboxylic acids is 2. The third-order valence-corrected chi connectivity index (χ3v) is 7.07. The number of carboxylic acid groups (broad SMARTS) is 2. The molecular weight excluding hydrogens is 512 g/mol. The molecule has 1 aliphatic heterocycles. The number of aliphatic hydroxyl groups is 1. The van der Waals surface area contributed by atoms with E-state index >= 15 is 0 Å². The van der Waals surface area contributed by atoms with Crippen molar-refractivity contribution in [3.8, 4) is 5.75 Å². The van der Waals surface area contributed by atoms with Crippen LogP contribution in [0.15, 0.2) is 60.7 Å². The molecule has 3 rings (SSSR count). The van der Waals surface area contributed by atoms with Crippen LogP contribution >= 0.6 is 11.6 Å². The fraction of sp³-hybridized carbons (Fsp3) is 0.393. The zero-order valence-corrected chi connectivity index (χ0v) is 22.6. The van der Waals surface area contributed by atoms with Gasteiger partial charge in [0.15, 0.2) is 0 Å². The van der Waals surface area contributed by atoms with Crippen molar-refractivity contribution < 1.29 is 34.4 Å². The van der Waals surface area contributed by atoms with Crippen molar-refractivity contribution >= 4 is 35.1 Å². The monoisotopic (exact) mass is 546 g/mol. The lowest BCUT2D eigenvalue weighted by Gasteiger charge is -2.42. The number of ether oxygens (including phenoxy) is 1. The molecule has 1 heterocycles. The molecule has 1 unspecified atom stereocenters. The maximum Gasteiger partial charge on any atom is 0.328 e. The summed E-state index contributed by atoms with van der Waals surface area (Å²) >= 11 is 6.26. The molecule has 1 amide bonds. The van der Waals surface area contributed by atoms with Gasteiger partial charge in [0.1, 0.15) is 5.75 Å². The number of piperidine rings is 1. The summed E-state index contributed by atoms with van der Waals surface area (Å²) in [7, 11) is 3.32. The molecule has 10 heteroatoms. The quantitative estimate of drug-likeness (QED) is 0.406. The SMILES string of the molecule is COc1ccccc1N(C)C(=O)C(C)C1(O)CCN(CCc2ccccc2Cl)CC1.O=C(O)/C=C/C(=O)O. The van der Waals surface area contributed by atoms with Crippen LogP contribution in [0.2, 0.25) is 5.02 Å². The van der Waals surface area contributed by atoms with E-state index in [0.717, 1.165) is 36.6 Å². The number of rotatable bonds is 9. The lowest BCUT2D eigenvalue weighted by molar-refractivity contribution is -0.135. The van der Waals surface area contributed by atoms with Crippen LogP contribution in [-0.2, 0) is 20.8 Å². The van der Waals surface area contributed by atoms with Crippen molar-refractivity contribution in [3.63, 3.8) is 0 Å². The van der Waals surface area contributed by atoms with Gasteiger partial charge in [-0.2, -0.15) is 0 Å². The van der Waals surface area contributed by atoms with Crippen LogP contribution in [0.4, 0.5) is 5.69 Å². The number of methoxy groups -OCH3 is 1. The third-order valence-electron chi connectivity index (χ3n) is 6.70. The van der Waals surface area contributed by atoms with E-state index in [-0.39, 0.29) is 5.91 Å². The van der Waals surface area contributed by atoms with Gasteiger partial charge in [0.2, 0.25) is 5.91 Å². The summed E-state index contributed by atoms with van der Waals surface area (Å²) in [5.74, 6) is -2.48. The van der Waals surface area contributed by atoms with Crippen molar-refractivity contribution in [2.24, 2.45) is 5.92 Å². The Balaban J connectivity index is 0.000000550. The average Bonchev–Trinajstić information content (AvgIpc) is 2.91. The first-order valence-corrected chi connectivity index (χ1v) is 12.6. The van der Waals surface area contributed by atoms with Crippen molar-refractivity contribution in [3.05, 3.63) is 71.3 Å². The number of benzene rings is 2. The Hall–Kier alpha value is -3.40. The number of likely N-dealkylation sites (tertiary alicyclic amines) is 1. The summed E-state index contributed by atoms with van der Waals surface area (Å²) in [5.41, 5.74) is 0.841. The van der Waals surface area contributed by atoms with Gasteiger partial charge >= 0.3 is 11.9 Å². The Morgan fingerprint density at radius 3 is 2.16 bits per heavy atom. The van der Waals surface area contributed by atoms with Crippen LogP contribution in [0.5, 0.6) is 5.75 Å². The van der Waals surface area contributed by atoms with E-state index in [0.29, 0.717) is 36.4 Å². The fourth-order valence-corrected chi connectivity index (χ4v) is 4.50. The third kappa shape index (κ3) is 8.86. The van der Waals surface area contributed by atoms with Gasteiger partial charge in [-0.25, -0.2) is 9.59 Å². The highest BCUT2D eigenvalue weighted by atomic mass is 35.5. The van der Waals surface area contributed by atoms with E-state index in [9.17, 15) is 19.5 Å². The summed E-state index contributed by atoms with van der Waals surface area (Å²) in [4.78, 5) is 36.2. The Bertz CT molecular complexity index is 1110. The molecule has 1 fully saturated rings.